The van der Waals surface area contributed by atoms with E-state index >= 15 is 0 Å². The van der Waals surface area contributed by atoms with E-state index < -0.39 is 5.60 Å². The summed E-state index contributed by atoms with van der Waals surface area (Å²) in [6, 6.07) is 0. The van der Waals surface area contributed by atoms with Crippen LogP contribution in [0.4, 0.5) is 5.13 Å². The van der Waals surface area contributed by atoms with E-state index in [0.717, 1.165) is 4.88 Å². The summed E-state index contributed by atoms with van der Waals surface area (Å²) in [5.41, 5.74) is 4.80. The van der Waals surface area contributed by atoms with Crippen LogP contribution in [0.5, 0.6) is 0 Å². The highest BCUT2D eigenvalue weighted by Gasteiger charge is 2.39. The van der Waals surface area contributed by atoms with Crippen LogP contribution in [0, 0.1) is 5.92 Å². The number of aliphatic hydroxyl groups is 1. The average molecular weight is 242 g/mol. The van der Waals surface area contributed by atoms with E-state index in [9.17, 15) is 5.11 Å². The molecule has 2 heterocycles. The van der Waals surface area contributed by atoms with E-state index in [1.807, 2.05) is 0 Å². The third-order valence-electron chi connectivity index (χ3n) is 3.11. The lowest BCUT2D eigenvalue weighted by atomic mass is 9.85. The minimum atomic E-state index is -0.803. The first kappa shape index (κ1) is 11.8. The third-order valence-corrected chi connectivity index (χ3v) is 4.13. The molecule has 16 heavy (non-hydrogen) atoms. The maximum atomic E-state index is 10.6. The Balaban J connectivity index is 2.18. The molecule has 2 atom stereocenters. The number of nitrogens with two attached hydrogens (primary N) is 1. The van der Waals surface area contributed by atoms with Crippen LogP contribution >= 0.6 is 11.3 Å². The van der Waals surface area contributed by atoms with Gasteiger partial charge in [0.15, 0.2) is 5.13 Å². The molecule has 2 rings (SSSR count). The SMILES string of the molecule is CC(C)C1CC(O)(c2cnc(N)s2)CCO1. The Bertz CT molecular complexity index is 367. The van der Waals surface area contributed by atoms with Gasteiger partial charge in [-0.3, -0.25) is 0 Å². The topological polar surface area (TPSA) is 68.4 Å². The number of rotatable bonds is 2. The Morgan fingerprint density at radius 2 is 2.44 bits per heavy atom. The van der Waals surface area contributed by atoms with E-state index in [4.69, 9.17) is 10.5 Å². The zero-order chi connectivity index (χ0) is 11.8. The van der Waals surface area contributed by atoms with Gasteiger partial charge in [0.05, 0.1) is 17.6 Å². The molecule has 0 aromatic carbocycles. The lowest BCUT2D eigenvalue weighted by molar-refractivity contribution is -0.119. The van der Waals surface area contributed by atoms with Gasteiger partial charge in [-0.15, -0.1) is 0 Å². The fraction of sp³-hybridized carbons (Fsp3) is 0.727. The van der Waals surface area contributed by atoms with Crippen LogP contribution in [0.15, 0.2) is 6.20 Å². The summed E-state index contributed by atoms with van der Waals surface area (Å²) in [7, 11) is 0. The van der Waals surface area contributed by atoms with Gasteiger partial charge in [-0.1, -0.05) is 25.2 Å². The molecule has 1 saturated heterocycles. The molecule has 90 valence electrons. The standard InChI is InChI=1S/C11H18N2O2S/c1-7(2)8-5-11(14,3-4-15-8)9-6-13-10(12)16-9/h6-8,14H,3-5H2,1-2H3,(H2,12,13). The van der Waals surface area contributed by atoms with Crippen molar-refractivity contribution in [3.8, 4) is 0 Å². The molecule has 0 bridgehead atoms. The number of nitrogen functional groups attached to an aromatic ring is 1. The molecule has 4 nitrogen and oxygen atoms in total. The first-order chi connectivity index (χ1) is 7.51. The third kappa shape index (κ3) is 2.21. The minimum Gasteiger partial charge on any atom is -0.384 e. The van der Waals surface area contributed by atoms with Crippen LogP contribution in [0.3, 0.4) is 0 Å². The quantitative estimate of drug-likeness (QED) is 0.829. The van der Waals surface area contributed by atoms with E-state index in [-0.39, 0.29) is 6.10 Å². The summed E-state index contributed by atoms with van der Waals surface area (Å²) in [6.45, 7) is 4.81. The van der Waals surface area contributed by atoms with Crippen LogP contribution in [-0.2, 0) is 10.3 Å². The van der Waals surface area contributed by atoms with Crippen molar-refractivity contribution in [2.75, 3.05) is 12.3 Å². The van der Waals surface area contributed by atoms with Gasteiger partial charge >= 0.3 is 0 Å². The number of thiazole rings is 1. The molecule has 5 heteroatoms. The number of hydrogen-bond acceptors (Lipinski definition) is 5. The summed E-state index contributed by atoms with van der Waals surface area (Å²) in [5, 5.41) is 11.1. The van der Waals surface area contributed by atoms with Crippen molar-refractivity contribution in [2.24, 2.45) is 5.92 Å². The van der Waals surface area contributed by atoms with Crippen molar-refractivity contribution in [1.82, 2.24) is 4.98 Å². The van der Waals surface area contributed by atoms with Crippen LogP contribution < -0.4 is 5.73 Å². The van der Waals surface area contributed by atoms with Gasteiger partial charge in [-0.25, -0.2) is 4.98 Å². The fourth-order valence-corrected chi connectivity index (χ4v) is 2.84. The van der Waals surface area contributed by atoms with E-state index in [1.54, 1.807) is 6.20 Å². The van der Waals surface area contributed by atoms with E-state index in [1.165, 1.54) is 11.3 Å². The zero-order valence-electron chi connectivity index (χ0n) is 9.64. The Hall–Kier alpha value is -0.650. The molecule has 0 aliphatic carbocycles. The van der Waals surface area contributed by atoms with Crippen molar-refractivity contribution in [1.29, 1.82) is 0 Å². The maximum Gasteiger partial charge on any atom is 0.180 e. The second-order valence-electron chi connectivity index (χ2n) is 4.70. The molecule has 1 aromatic heterocycles. The van der Waals surface area contributed by atoms with Gasteiger partial charge in [0.2, 0.25) is 0 Å². The van der Waals surface area contributed by atoms with Crippen LogP contribution in [0.25, 0.3) is 0 Å². The lowest BCUT2D eigenvalue weighted by Gasteiger charge is -2.37. The highest BCUT2D eigenvalue weighted by Crippen LogP contribution is 2.39. The molecular weight excluding hydrogens is 224 g/mol. The van der Waals surface area contributed by atoms with Gasteiger partial charge in [-0.2, -0.15) is 0 Å². The molecule has 1 aliphatic heterocycles. The second kappa shape index (κ2) is 4.31. The fourth-order valence-electron chi connectivity index (χ4n) is 2.03. The molecular formula is C11H18N2O2S. The Kier molecular flexibility index (Phi) is 3.19. The number of nitrogens with zero attached hydrogens (tertiary/aromatic N) is 1. The summed E-state index contributed by atoms with van der Waals surface area (Å²) < 4.78 is 5.66. The normalized spacial score (nSPS) is 30.9. The predicted molar refractivity (Wildman–Crippen MR) is 64.2 cm³/mol. The molecule has 1 aromatic rings. The van der Waals surface area contributed by atoms with Crippen LogP contribution in [-0.4, -0.2) is 22.8 Å². The minimum absolute atomic E-state index is 0.113. The van der Waals surface area contributed by atoms with Crippen LogP contribution in [0.2, 0.25) is 0 Å². The lowest BCUT2D eigenvalue weighted by Crippen LogP contribution is -2.40. The van der Waals surface area contributed by atoms with Crippen molar-refractivity contribution in [3.63, 3.8) is 0 Å². The van der Waals surface area contributed by atoms with E-state index in [0.29, 0.717) is 30.5 Å². The number of ether oxygens (including phenoxy) is 1. The predicted octanol–water partition coefficient (Wildman–Crippen LogP) is 1.75. The van der Waals surface area contributed by atoms with Gasteiger partial charge in [-0.05, 0) is 5.92 Å². The zero-order valence-corrected chi connectivity index (χ0v) is 10.5. The van der Waals surface area contributed by atoms with Crippen molar-refractivity contribution in [3.05, 3.63) is 11.1 Å². The van der Waals surface area contributed by atoms with Gasteiger partial charge in [0.25, 0.3) is 0 Å². The van der Waals surface area contributed by atoms with Crippen molar-refractivity contribution < 1.29 is 9.84 Å². The van der Waals surface area contributed by atoms with Gasteiger partial charge in [0, 0.05) is 19.0 Å². The number of hydrogen-bond donors (Lipinski definition) is 2. The molecule has 0 radical (unpaired) electrons. The molecule has 1 aliphatic rings. The van der Waals surface area contributed by atoms with Crippen molar-refractivity contribution >= 4 is 16.5 Å². The summed E-state index contributed by atoms with van der Waals surface area (Å²) >= 11 is 1.37. The van der Waals surface area contributed by atoms with Crippen molar-refractivity contribution in [2.45, 2.75) is 38.4 Å². The summed E-state index contributed by atoms with van der Waals surface area (Å²) in [6.07, 6.45) is 3.05. The highest BCUT2D eigenvalue weighted by molar-refractivity contribution is 7.15. The Morgan fingerprint density at radius 3 is 3.00 bits per heavy atom. The molecule has 0 saturated carbocycles. The average Bonchev–Trinajstić information content (AvgIpc) is 2.65. The first-order valence-electron chi connectivity index (χ1n) is 5.57. The molecule has 3 N–H and O–H groups in total. The molecule has 0 spiro atoms. The number of anilines is 1. The Morgan fingerprint density at radius 1 is 1.69 bits per heavy atom. The highest BCUT2D eigenvalue weighted by atomic mass is 32.1. The maximum absolute atomic E-state index is 10.6. The smallest absolute Gasteiger partial charge is 0.180 e. The van der Waals surface area contributed by atoms with Gasteiger partial charge in [0.1, 0.15) is 5.60 Å². The molecule has 0 amide bonds. The summed E-state index contributed by atoms with van der Waals surface area (Å²) in [4.78, 5) is 4.86. The molecule has 2 unspecified atom stereocenters. The first-order valence-corrected chi connectivity index (χ1v) is 6.39. The molecule has 1 fully saturated rings. The van der Waals surface area contributed by atoms with Gasteiger partial charge < -0.3 is 15.6 Å². The van der Waals surface area contributed by atoms with E-state index in [2.05, 4.69) is 18.8 Å². The number of aromatic nitrogens is 1. The monoisotopic (exact) mass is 242 g/mol. The second-order valence-corrected chi connectivity index (χ2v) is 5.76. The summed E-state index contributed by atoms with van der Waals surface area (Å²) in [5.74, 6) is 0.414. The van der Waals surface area contributed by atoms with Crippen LogP contribution in [0.1, 0.15) is 31.6 Å². The Labute approximate surface area is 99.5 Å². The largest absolute Gasteiger partial charge is 0.384 e.